The van der Waals surface area contributed by atoms with Crippen LogP contribution in [-0.4, -0.2) is 88.9 Å². The summed E-state index contributed by atoms with van der Waals surface area (Å²) in [6.45, 7) is 10.4. The molecule has 1 aromatic rings. The molecule has 5 rings (SSSR count). The van der Waals surface area contributed by atoms with Crippen LogP contribution in [0, 0.1) is 34.5 Å². The molecule has 1 unspecified atom stereocenters. The molecule has 4 aliphatic rings. The molecule has 14 nitrogen and oxygen atoms in total. The summed E-state index contributed by atoms with van der Waals surface area (Å²) in [7, 11) is 0. The Bertz CT molecular complexity index is 1620. The molecule has 0 spiro atoms. The van der Waals surface area contributed by atoms with E-state index in [0.29, 0.717) is 0 Å². The van der Waals surface area contributed by atoms with Crippen molar-refractivity contribution in [1.82, 2.24) is 0 Å². The fourth-order valence-electron chi connectivity index (χ4n) is 9.77. The normalized spacial score (nSPS) is 37.5. The zero-order valence-corrected chi connectivity index (χ0v) is 30.1. The number of benzene rings is 1. The zero-order valence-electron chi connectivity index (χ0n) is 30.1. The number of fused-ring (bicyclic) bond motifs is 5. The van der Waals surface area contributed by atoms with E-state index in [0.717, 1.165) is 27.7 Å². The van der Waals surface area contributed by atoms with Crippen molar-refractivity contribution in [2.75, 3.05) is 6.61 Å². The van der Waals surface area contributed by atoms with Crippen LogP contribution in [0.3, 0.4) is 0 Å². The Morgan fingerprint density at radius 2 is 1.39 bits per heavy atom. The smallest absolute Gasteiger partial charge is 0.344 e. The van der Waals surface area contributed by atoms with Crippen molar-refractivity contribution < 1.29 is 67.1 Å². The van der Waals surface area contributed by atoms with Crippen molar-refractivity contribution in [3.63, 3.8) is 0 Å². The van der Waals surface area contributed by atoms with Gasteiger partial charge in [-0.05, 0) is 36.8 Å². The highest BCUT2D eigenvalue weighted by Gasteiger charge is 2.82. The van der Waals surface area contributed by atoms with E-state index in [4.69, 9.17) is 28.4 Å². The molecule has 0 amide bonds. The van der Waals surface area contributed by atoms with Gasteiger partial charge in [0.25, 0.3) is 0 Å². The summed E-state index contributed by atoms with van der Waals surface area (Å²) in [5.74, 6) is -9.32. The second-order valence-electron chi connectivity index (χ2n) is 15.4. The number of carbonyl (C=O) groups excluding carboxylic acids is 7. The maximum atomic E-state index is 14.2. The molecule has 0 aliphatic heterocycles. The van der Waals surface area contributed by atoms with Gasteiger partial charge < -0.3 is 33.5 Å². The van der Waals surface area contributed by atoms with Crippen molar-refractivity contribution in [3.05, 3.63) is 35.9 Å². The summed E-state index contributed by atoms with van der Waals surface area (Å²) in [6, 6.07) is 8.03. The first-order chi connectivity index (χ1) is 23.7. The number of aliphatic hydroxyl groups is 1. The third-order valence-corrected chi connectivity index (χ3v) is 11.3. The van der Waals surface area contributed by atoms with Crippen molar-refractivity contribution >= 4 is 41.6 Å². The van der Waals surface area contributed by atoms with Crippen LogP contribution in [0.2, 0.25) is 0 Å². The molecule has 0 heterocycles. The predicted molar refractivity (Wildman–Crippen MR) is 173 cm³/mol. The van der Waals surface area contributed by atoms with Gasteiger partial charge in [0.1, 0.15) is 23.6 Å². The van der Waals surface area contributed by atoms with Crippen LogP contribution < -0.4 is 0 Å². The quantitative estimate of drug-likeness (QED) is 0.305. The second kappa shape index (κ2) is 13.3. The summed E-state index contributed by atoms with van der Waals surface area (Å²) in [5.41, 5.74) is -6.86. The van der Waals surface area contributed by atoms with Crippen molar-refractivity contribution in [1.29, 1.82) is 0 Å². The Labute approximate surface area is 295 Å². The number of Topliss-reactive ketones (excluding diaryl/α,β-unsaturated/α-hetero) is 1. The first kappa shape index (κ1) is 37.9. The van der Waals surface area contributed by atoms with Crippen LogP contribution in [0.4, 0.5) is 0 Å². The lowest BCUT2D eigenvalue weighted by Gasteiger charge is -2.58. The average Bonchev–Trinajstić information content (AvgIpc) is 3.41. The third kappa shape index (κ3) is 6.40. The summed E-state index contributed by atoms with van der Waals surface area (Å²) in [6.07, 6.45) is -6.55. The first-order valence-electron chi connectivity index (χ1n) is 17.1. The van der Waals surface area contributed by atoms with Crippen LogP contribution >= 0.6 is 0 Å². The van der Waals surface area contributed by atoms with E-state index >= 15 is 0 Å². The molecule has 51 heavy (non-hydrogen) atoms. The Morgan fingerprint density at radius 3 is 1.96 bits per heavy atom. The monoisotopic (exact) mass is 714 g/mol. The Hall–Kier alpha value is -4.33. The summed E-state index contributed by atoms with van der Waals surface area (Å²) in [4.78, 5) is 92.6. The minimum Gasteiger partial charge on any atom is -0.459 e. The second-order valence-corrected chi connectivity index (χ2v) is 15.4. The minimum atomic E-state index is -2.22. The van der Waals surface area contributed by atoms with Gasteiger partial charge in [0, 0.05) is 45.4 Å². The van der Waals surface area contributed by atoms with Crippen molar-refractivity contribution in [2.45, 2.75) is 110 Å². The molecule has 2 bridgehead atoms. The fourth-order valence-corrected chi connectivity index (χ4v) is 9.77. The van der Waals surface area contributed by atoms with E-state index in [1.165, 1.54) is 12.1 Å². The predicted octanol–water partition coefficient (Wildman–Crippen LogP) is 2.89. The maximum Gasteiger partial charge on any atom is 0.344 e. The molecule has 4 fully saturated rings. The van der Waals surface area contributed by atoms with Gasteiger partial charge in [-0.2, -0.15) is 0 Å². The number of hydrogen-bond donors (Lipinski definition) is 1. The third-order valence-electron chi connectivity index (χ3n) is 11.3. The Morgan fingerprint density at radius 1 is 0.784 bits per heavy atom. The average molecular weight is 715 g/mol. The maximum absolute atomic E-state index is 14.2. The summed E-state index contributed by atoms with van der Waals surface area (Å²) >= 11 is 0. The van der Waals surface area contributed by atoms with Gasteiger partial charge in [-0.25, -0.2) is 9.59 Å². The molecule has 0 radical (unpaired) electrons. The molecule has 0 aromatic heterocycles. The van der Waals surface area contributed by atoms with E-state index < -0.39 is 113 Å². The van der Waals surface area contributed by atoms with Crippen LogP contribution in [-0.2, 0) is 57.2 Å². The van der Waals surface area contributed by atoms with Crippen LogP contribution in [0.1, 0.15) is 85.0 Å². The van der Waals surface area contributed by atoms with Crippen LogP contribution in [0.25, 0.3) is 0 Å². The molecular weight excluding hydrogens is 668 g/mol. The molecule has 4 saturated carbocycles. The van der Waals surface area contributed by atoms with E-state index in [9.17, 15) is 38.7 Å². The lowest BCUT2D eigenvalue weighted by atomic mass is 9.53. The van der Waals surface area contributed by atoms with Crippen LogP contribution in [0.5, 0.6) is 0 Å². The van der Waals surface area contributed by atoms with Crippen molar-refractivity contribution in [2.24, 2.45) is 34.5 Å². The van der Waals surface area contributed by atoms with Gasteiger partial charge in [0.2, 0.25) is 0 Å². The lowest BCUT2D eigenvalue weighted by molar-refractivity contribution is -0.269. The summed E-state index contributed by atoms with van der Waals surface area (Å²) < 4.78 is 35.5. The van der Waals surface area contributed by atoms with Crippen molar-refractivity contribution in [3.8, 4) is 0 Å². The number of hydrogen-bond acceptors (Lipinski definition) is 14. The highest BCUT2D eigenvalue weighted by Crippen LogP contribution is 2.69. The molecule has 14 heteroatoms. The fraction of sp³-hybridized carbons (Fsp3) is 0.649. The molecule has 4 aliphatic carbocycles. The molecule has 1 aromatic carbocycles. The lowest BCUT2D eigenvalue weighted by Crippen LogP contribution is -2.70. The number of ketones is 1. The van der Waals surface area contributed by atoms with Gasteiger partial charge in [-0.1, -0.05) is 45.9 Å². The zero-order chi connectivity index (χ0) is 37.8. The number of ether oxygens (including phenoxy) is 6. The van der Waals surface area contributed by atoms with Gasteiger partial charge in [0.15, 0.2) is 24.4 Å². The van der Waals surface area contributed by atoms with E-state index in [2.05, 4.69) is 0 Å². The first-order valence-corrected chi connectivity index (χ1v) is 17.1. The standard InChI is InChI=1S/C37H46O14/c1-18-14-36(45)27(28(18)50-31(44)23-12-10-9-11-13-23)30(49-26(42)17-46-19(2)38)37(51-22(5)41)15-24-25(16-34(6,7)29(24)43)35(8,32(36)47-20(3)39)33(37)48-21(4)40/h9-13,18,24-25,27-28,30,32-33,45H,14-17H2,1-8H3/t18-,24+,25-,27+,28-,30+,32+,33?,35+,36+,37+/m1/s1. The highest BCUT2D eigenvalue weighted by molar-refractivity contribution is 5.90. The topological polar surface area (TPSA) is 195 Å². The highest BCUT2D eigenvalue weighted by atomic mass is 16.6. The summed E-state index contributed by atoms with van der Waals surface area (Å²) in [5, 5.41) is 13.2. The Kier molecular flexibility index (Phi) is 9.91. The van der Waals surface area contributed by atoms with Gasteiger partial charge in [0.05, 0.1) is 16.9 Å². The molecule has 11 atom stereocenters. The number of carbonyl (C=O) groups is 7. The van der Waals surface area contributed by atoms with Gasteiger partial charge in [-0.3, -0.25) is 24.0 Å². The Balaban J connectivity index is 1.85. The van der Waals surface area contributed by atoms with Gasteiger partial charge in [-0.15, -0.1) is 0 Å². The van der Waals surface area contributed by atoms with E-state index in [1.54, 1.807) is 45.9 Å². The van der Waals surface area contributed by atoms with Gasteiger partial charge >= 0.3 is 35.8 Å². The van der Waals surface area contributed by atoms with E-state index in [-0.39, 0.29) is 30.6 Å². The minimum absolute atomic E-state index is 0.175. The van der Waals surface area contributed by atoms with E-state index in [1.807, 2.05) is 0 Å². The van der Waals surface area contributed by atoms with Crippen LogP contribution in [0.15, 0.2) is 30.3 Å². The number of rotatable bonds is 8. The molecule has 1 N–H and O–H groups in total. The molecule has 0 saturated heterocycles. The molecule has 278 valence electrons. The molecular formula is C37H46O14. The largest absolute Gasteiger partial charge is 0.459 e. The SMILES string of the molecule is CC(=O)OCC(=O)O[C@H]1[C@@H]2[C@H](OC(=O)c3ccccc3)[C@H](C)C[C@@]2(O)[C@@H](OC(C)=O)[C@@]2(C)C(OC(C)=O)[C@]1(OC(C)=O)C[C@@H]1C(=O)C(C)(C)C[C@H]12. The number of esters is 6.